The van der Waals surface area contributed by atoms with Crippen LogP contribution in [0.5, 0.6) is 0 Å². The van der Waals surface area contributed by atoms with Gasteiger partial charge >= 0.3 is 0 Å². The predicted octanol–water partition coefficient (Wildman–Crippen LogP) is 2.86. The standard InChI is InChI=1S/C15H19N5/c1-16-11-5-7-13(8-6-11)20(2)15-9-14(17-10-18-15)19-12-3-4-12/h5-10,12,16H,3-4H2,1-2H3,(H,17,18,19). The molecule has 5 heteroatoms. The summed E-state index contributed by atoms with van der Waals surface area (Å²) in [6.07, 6.45) is 4.08. The summed E-state index contributed by atoms with van der Waals surface area (Å²) in [5.74, 6) is 1.79. The first-order chi connectivity index (χ1) is 9.76. The molecule has 0 amide bonds. The Morgan fingerprint density at radius 1 is 1.15 bits per heavy atom. The molecule has 5 nitrogen and oxygen atoms in total. The highest BCUT2D eigenvalue weighted by atomic mass is 15.2. The average molecular weight is 269 g/mol. The van der Waals surface area contributed by atoms with Gasteiger partial charge in [0.2, 0.25) is 0 Å². The Balaban J connectivity index is 1.79. The van der Waals surface area contributed by atoms with E-state index in [1.165, 1.54) is 12.8 Å². The summed E-state index contributed by atoms with van der Waals surface area (Å²) >= 11 is 0. The van der Waals surface area contributed by atoms with Crippen molar-refractivity contribution in [2.24, 2.45) is 0 Å². The average Bonchev–Trinajstić information content (AvgIpc) is 3.31. The van der Waals surface area contributed by atoms with Gasteiger partial charge < -0.3 is 15.5 Å². The molecule has 0 atom stereocenters. The number of nitrogens with one attached hydrogen (secondary N) is 2. The van der Waals surface area contributed by atoms with Gasteiger partial charge in [0.1, 0.15) is 18.0 Å². The molecule has 2 aromatic rings. The molecule has 1 aromatic heterocycles. The number of nitrogens with zero attached hydrogens (tertiary/aromatic N) is 3. The van der Waals surface area contributed by atoms with Crippen molar-refractivity contribution in [3.8, 4) is 0 Å². The van der Waals surface area contributed by atoms with E-state index in [-0.39, 0.29) is 0 Å². The summed E-state index contributed by atoms with van der Waals surface area (Å²) in [6.45, 7) is 0. The molecule has 1 saturated carbocycles. The normalized spacial score (nSPS) is 13.9. The highest BCUT2D eigenvalue weighted by Crippen LogP contribution is 2.27. The molecular formula is C15H19N5. The Labute approximate surface area is 119 Å². The van der Waals surface area contributed by atoms with E-state index in [1.54, 1.807) is 6.33 Å². The molecule has 1 aromatic carbocycles. The minimum Gasteiger partial charge on any atom is -0.388 e. The molecule has 3 rings (SSSR count). The van der Waals surface area contributed by atoms with Crippen molar-refractivity contribution in [3.05, 3.63) is 36.7 Å². The molecule has 104 valence electrons. The van der Waals surface area contributed by atoms with Crippen LogP contribution >= 0.6 is 0 Å². The molecule has 0 radical (unpaired) electrons. The van der Waals surface area contributed by atoms with Crippen molar-refractivity contribution in [3.63, 3.8) is 0 Å². The van der Waals surface area contributed by atoms with E-state index in [4.69, 9.17) is 0 Å². The number of hydrogen-bond acceptors (Lipinski definition) is 5. The van der Waals surface area contributed by atoms with Gasteiger partial charge in [-0.3, -0.25) is 0 Å². The zero-order chi connectivity index (χ0) is 13.9. The molecule has 20 heavy (non-hydrogen) atoms. The van der Waals surface area contributed by atoms with E-state index in [9.17, 15) is 0 Å². The second-order valence-electron chi connectivity index (χ2n) is 5.04. The van der Waals surface area contributed by atoms with Crippen molar-refractivity contribution >= 4 is 23.0 Å². The van der Waals surface area contributed by atoms with E-state index in [1.807, 2.05) is 20.2 Å². The Hall–Kier alpha value is -2.30. The van der Waals surface area contributed by atoms with Crippen LogP contribution in [0.2, 0.25) is 0 Å². The topological polar surface area (TPSA) is 53.1 Å². The Kier molecular flexibility index (Phi) is 3.41. The Morgan fingerprint density at radius 2 is 1.90 bits per heavy atom. The summed E-state index contributed by atoms with van der Waals surface area (Å²) in [7, 11) is 3.93. The van der Waals surface area contributed by atoms with E-state index in [2.05, 4.69) is 49.8 Å². The van der Waals surface area contributed by atoms with Gasteiger partial charge in [0, 0.05) is 37.6 Å². The Morgan fingerprint density at radius 3 is 2.55 bits per heavy atom. The van der Waals surface area contributed by atoms with Gasteiger partial charge in [0.05, 0.1) is 0 Å². The molecule has 0 saturated heterocycles. The van der Waals surface area contributed by atoms with E-state index < -0.39 is 0 Å². The van der Waals surface area contributed by atoms with Crippen LogP contribution in [0, 0.1) is 0 Å². The molecule has 0 aliphatic heterocycles. The molecule has 1 aliphatic rings. The molecular weight excluding hydrogens is 250 g/mol. The molecule has 1 aliphatic carbocycles. The maximum atomic E-state index is 4.35. The van der Waals surface area contributed by atoms with E-state index in [0.717, 1.165) is 23.0 Å². The summed E-state index contributed by atoms with van der Waals surface area (Å²) in [4.78, 5) is 10.7. The first-order valence-electron chi connectivity index (χ1n) is 6.86. The van der Waals surface area contributed by atoms with E-state index in [0.29, 0.717) is 6.04 Å². The van der Waals surface area contributed by atoms with Gasteiger partial charge in [-0.2, -0.15) is 0 Å². The van der Waals surface area contributed by atoms with Gasteiger partial charge in [0.25, 0.3) is 0 Å². The lowest BCUT2D eigenvalue weighted by molar-refractivity contribution is 1.05. The molecule has 0 bridgehead atoms. The summed E-state index contributed by atoms with van der Waals surface area (Å²) < 4.78 is 0. The van der Waals surface area contributed by atoms with Crippen molar-refractivity contribution in [1.29, 1.82) is 0 Å². The lowest BCUT2D eigenvalue weighted by Crippen LogP contribution is -2.12. The molecule has 2 N–H and O–H groups in total. The molecule has 1 heterocycles. The summed E-state index contributed by atoms with van der Waals surface area (Å²) in [6, 6.07) is 10.8. The van der Waals surface area contributed by atoms with Crippen molar-refractivity contribution in [1.82, 2.24) is 9.97 Å². The molecule has 0 spiro atoms. The van der Waals surface area contributed by atoms with Crippen LogP contribution in [0.3, 0.4) is 0 Å². The van der Waals surface area contributed by atoms with Gasteiger partial charge in [-0.15, -0.1) is 0 Å². The maximum absolute atomic E-state index is 4.35. The van der Waals surface area contributed by atoms with Crippen LogP contribution in [-0.4, -0.2) is 30.1 Å². The van der Waals surface area contributed by atoms with Crippen molar-refractivity contribution < 1.29 is 0 Å². The third-order valence-electron chi connectivity index (χ3n) is 3.47. The van der Waals surface area contributed by atoms with Crippen LogP contribution in [-0.2, 0) is 0 Å². The fraction of sp³-hybridized carbons (Fsp3) is 0.333. The fourth-order valence-electron chi connectivity index (χ4n) is 2.03. The zero-order valence-corrected chi connectivity index (χ0v) is 11.8. The first kappa shape index (κ1) is 12.7. The van der Waals surface area contributed by atoms with Gasteiger partial charge in [0.15, 0.2) is 0 Å². The number of hydrogen-bond donors (Lipinski definition) is 2. The number of anilines is 4. The van der Waals surface area contributed by atoms with Crippen molar-refractivity contribution in [2.45, 2.75) is 18.9 Å². The monoisotopic (exact) mass is 269 g/mol. The van der Waals surface area contributed by atoms with Gasteiger partial charge in [-0.1, -0.05) is 0 Å². The smallest absolute Gasteiger partial charge is 0.138 e. The Bertz CT molecular complexity index is 577. The highest BCUT2D eigenvalue weighted by molar-refractivity contribution is 5.64. The van der Waals surface area contributed by atoms with Crippen LogP contribution < -0.4 is 15.5 Å². The molecule has 0 unspecified atom stereocenters. The number of aromatic nitrogens is 2. The van der Waals surface area contributed by atoms with Crippen LogP contribution in [0.4, 0.5) is 23.0 Å². The fourth-order valence-corrected chi connectivity index (χ4v) is 2.03. The minimum absolute atomic E-state index is 0.595. The van der Waals surface area contributed by atoms with Crippen molar-refractivity contribution in [2.75, 3.05) is 29.6 Å². The SMILES string of the molecule is CNc1ccc(N(C)c2cc(NC3CC3)ncn2)cc1. The highest BCUT2D eigenvalue weighted by Gasteiger charge is 2.21. The number of rotatable bonds is 5. The summed E-state index contributed by atoms with van der Waals surface area (Å²) in [5.41, 5.74) is 2.20. The first-order valence-corrected chi connectivity index (χ1v) is 6.86. The third-order valence-corrected chi connectivity index (χ3v) is 3.47. The van der Waals surface area contributed by atoms with Gasteiger partial charge in [-0.25, -0.2) is 9.97 Å². The van der Waals surface area contributed by atoms with Gasteiger partial charge in [-0.05, 0) is 37.1 Å². The maximum Gasteiger partial charge on any atom is 0.138 e. The lowest BCUT2D eigenvalue weighted by Gasteiger charge is -2.19. The lowest BCUT2D eigenvalue weighted by atomic mass is 10.2. The van der Waals surface area contributed by atoms with Crippen LogP contribution in [0.15, 0.2) is 36.7 Å². The third kappa shape index (κ3) is 2.82. The second kappa shape index (κ2) is 5.36. The summed E-state index contributed by atoms with van der Waals surface area (Å²) in [5, 5.41) is 6.51. The number of benzene rings is 1. The molecule has 1 fully saturated rings. The predicted molar refractivity (Wildman–Crippen MR) is 82.7 cm³/mol. The van der Waals surface area contributed by atoms with E-state index >= 15 is 0 Å². The largest absolute Gasteiger partial charge is 0.388 e. The minimum atomic E-state index is 0.595. The quantitative estimate of drug-likeness (QED) is 0.874. The zero-order valence-electron chi connectivity index (χ0n) is 11.8. The van der Waals surface area contributed by atoms with Crippen LogP contribution in [0.25, 0.3) is 0 Å². The second-order valence-corrected chi connectivity index (χ2v) is 5.04. The van der Waals surface area contributed by atoms with Crippen LogP contribution in [0.1, 0.15) is 12.8 Å².